The molecule has 0 unspecified atom stereocenters. The molecule has 5 nitrogen and oxygen atoms in total. The minimum atomic E-state index is -0.569. The summed E-state index contributed by atoms with van der Waals surface area (Å²) in [7, 11) is 0. The summed E-state index contributed by atoms with van der Waals surface area (Å²) >= 11 is 0. The Morgan fingerprint density at radius 1 is 0.943 bits per heavy atom. The Kier molecular flexibility index (Phi) is 5.99. The third-order valence-electron chi connectivity index (χ3n) is 6.35. The van der Waals surface area contributed by atoms with Crippen LogP contribution in [0.4, 0.5) is 14.6 Å². The second-order valence-corrected chi connectivity index (χ2v) is 8.52. The molecular formula is C28H24F2N4O. The smallest absolute Gasteiger partial charge is 0.254 e. The molecule has 35 heavy (non-hydrogen) atoms. The standard InChI is InChI=1S/C28H24F2N4O/c1-3-34-16-23-20(28(34)35)10-12-32-27(23)33-17(2)21-14-25(30)22(15-24(21)29)19-9-11-31-26(13-19)18-7-5-4-6-8-18/h4-15,17H,3,16H2,1-2H3,(H,32,33)/t17-/m0/s1. The van der Waals surface area contributed by atoms with Crippen molar-refractivity contribution in [3.8, 4) is 22.4 Å². The van der Waals surface area contributed by atoms with Gasteiger partial charge >= 0.3 is 0 Å². The van der Waals surface area contributed by atoms with Crippen LogP contribution in [0.2, 0.25) is 0 Å². The van der Waals surface area contributed by atoms with Gasteiger partial charge in [-0.2, -0.15) is 0 Å². The number of halogens is 2. The van der Waals surface area contributed by atoms with Crippen LogP contribution in [0, 0.1) is 11.6 Å². The Balaban J connectivity index is 1.43. The van der Waals surface area contributed by atoms with Crippen LogP contribution in [0.25, 0.3) is 22.4 Å². The van der Waals surface area contributed by atoms with Crippen LogP contribution in [0.1, 0.15) is 41.4 Å². The third kappa shape index (κ3) is 4.25. The molecule has 3 heterocycles. The maximum absolute atomic E-state index is 15.2. The zero-order chi connectivity index (χ0) is 24.5. The molecule has 1 amide bonds. The molecule has 4 aromatic rings. The van der Waals surface area contributed by atoms with Gasteiger partial charge in [-0.15, -0.1) is 0 Å². The molecule has 0 saturated heterocycles. The van der Waals surface area contributed by atoms with E-state index in [0.717, 1.165) is 11.1 Å². The monoisotopic (exact) mass is 470 g/mol. The summed E-state index contributed by atoms with van der Waals surface area (Å²) in [5.74, 6) is -0.601. The fourth-order valence-electron chi connectivity index (χ4n) is 4.43. The van der Waals surface area contributed by atoms with Crippen molar-refractivity contribution in [3.63, 3.8) is 0 Å². The van der Waals surface area contributed by atoms with Crippen molar-refractivity contribution in [1.82, 2.24) is 14.9 Å². The number of hydrogen-bond acceptors (Lipinski definition) is 4. The predicted molar refractivity (Wildman–Crippen MR) is 132 cm³/mol. The van der Waals surface area contributed by atoms with Crippen molar-refractivity contribution in [1.29, 1.82) is 0 Å². The average Bonchev–Trinajstić information content (AvgIpc) is 3.22. The van der Waals surface area contributed by atoms with Gasteiger partial charge in [0, 0.05) is 46.8 Å². The van der Waals surface area contributed by atoms with Crippen LogP contribution in [0.3, 0.4) is 0 Å². The van der Waals surface area contributed by atoms with Crippen LogP contribution >= 0.6 is 0 Å². The first-order valence-electron chi connectivity index (χ1n) is 11.5. The molecule has 2 aromatic heterocycles. The van der Waals surface area contributed by atoms with Crippen molar-refractivity contribution in [2.24, 2.45) is 0 Å². The molecule has 7 heteroatoms. The largest absolute Gasteiger partial charge is 0.363 e. The lowest BCUT2D eigenvalue weighted by atomic mass is 9.99. The maximum Gasteiger partial charge on any atom is 0.254 e. The van der Waals surface area contributed by atoms with Crippen molar-refractivity contribution >= 4 is 11.7 Å². The molecule has 176 valence electrons. The summed E-state index contributed by atoms with van der Waals surface area (Å²) in [5, 5.41) is 3.17. The van der Waals surface area contributed by atoms with Crippen LogP contribution in [0.5, 0.6) is 0 Å². The molecule has 1 atom stereocenters. The van der Waals surface area contributed by atoms with Gasteiger partial charge in [0.2, 0.25) is 0 Å². The van der Waals surface area contributed by atoms with E-state index in [-0.39, 0.29) is 17.0 Å². The van der Waals surface area contributed by atoms with Crippen molar-refractivity contribution in [2.75, 3.05) is 11.9 Å². The summed E-state index contributed by atoms with van der Waals surface area (Å²) in [6.07, 6.45) is 3.15. The van der Waals surface area contributed by atoms with Gasteiger partial charge in [0.15, 0.2) is 0 Å². The number of nitrogens with one attached hydrogen (secondary N) is 1. The van der Waals surface area contributed by atoms with Crippen LogP contribution < -0.4 is 5.32 Å². The highest BCUT2D eigenvalue weighted by atomic mass is 19.1. The van der Waals surface area contributed by atoms with Gasteiger partial charge in [0.1, 0.15) is 17.5 Å². The summed E-state index contributed by atoms with van der Waals surface area (Å²) in [6.45, 7) is 4.69. The molecular weight excluding hydrogens is 446 g/mol. The highest BCUT2D eigenvalue weighted by Gasteiger charge is 2.29. The van der Waals surface area contributed by atoms with Crippen LogP contribution in [-0.4, -0.2) is 27.3 Å². The van der Waals surface area contributed by atoms with E-state index in [1.165, 1.54) is 12.1 Å². The molecule has 1 N–H and O–H groups in total. The Labute approximate surface area is 202 Å². The first kappa shape index (κ1) is 22.7. The van der Waals surface area contributed by atoms with E-state index in [1.54, 1.807) is 42.4 Å². The molecule has 0 aliphatic carbocycles. The first-order chi connectivity index (χ1) is 17.0. The molecule has 0 fully saturated rings. The average molecular weight is 471 g/mol. The van der Waals surface area contributed by atoms with Crippen LogP contribution in [0.15, 0.2) is 73.1 Å². The van der Waals surface area contributed by atoms with E-state index < -0.39 is 17.7 Å². The highest BCUT2D eigenvalue weighted by molar-refractivity contribution is 5.99. The number of fused-ring (bicyclic) bond motifs is 1. The summed E-state index contributed by atoms with van der Waals surface area (Å²) in [4.78, 5) is 22.9. The van der Waals surface area contributed by atoms with Crippen molar-refractivity contribution in [3.05, 3.63) is 101 Å². The fourth-order valence-corrected chi connectivity index (χ4v) is 4.43. The molecule has 0 bridgehead atoms. The van der Waals surface area contributed by atoms with Gasteiger partial charge in [0.05, 0.1) is 18.3 Å². The quantitative estimate of drug-likeness (QED) is 0.363. The summed E-state index contributed by atoms with van der Waals surface area (Å²) < 4.78 is 30.5. The molecule has 0 spiro atoms. The topological polar surface area (TPSA) is 58.1 Å². The van der Waals surface area contributed by atoms with E-state index in [4.69, 9.17) is 0 Å². The number of aromatic nitrogens is 2. The number of anilines is 1. The molecule has 2 aromatic carbocycles. The molecule has 1 aliphatic heterocycles. The molecule has 0 radical (unpaired) electrons. The summed E-state index contributed by atoms with van der Waals surface area (Å²) in [5.41, 5.74) is 3.83. The van der Waals surface area contributed by atoms with Crippen molar-refractivity contribution < 1.29 is 13.6 Å². The third-order valence-corrected chi connectivity index (χ3v) is 6.35. The predicted octanol–water partition coefficient (Wildman–Crippen LogP) is 6.24. The lowest BCUT2D eigenvalue weighted by Gasteiger charge is -2.19. The van der Waals surface area contributed by atoms with Gasteiger partial charge in [-0.05, 0) is 49.7 Å². The van der Waals surface area contributed by atoms with E-state index in [9.17, 15) is 4.79 Å². The van der Waals surface area contributed by atoms with Gasteiger partial charge in [-0.25, -0.2) is 13.8 Å². The molecule has 1 aliphatic rings. The SMILES string of the molecule is CCN1Cc2c(ccnc2N[C@@H](C)c2cc(F)c(-c3ccnc(-c4ccccc4)c3)cc2F)C1=O. The second kappa shape index (κ2) is 9.25. The number of benzene rings is 2. The zero-order valence-electron chi connectivity index (χ0n) is 19.4. The van der Waals surface area contributed by atoms with Crippen LogP contribution in [-0.2, 0) is 6.54 Å². The highest BCUT2D eigenvalue weighted by Crippen LogP contribution is 2.33. The maximum atomic E-state index is 15.2. The minimum absolute atomic E-state index is 0.0468. The Hall–Kier alpha value is -4.13. The first-order valence-corrected chi connectivity index (χ1v) is 11.5. The molecule has 0 saturated carbocycles. The van der Waals surface area contributed by atoms with Gasteiger partial charge in [-0.3, -0.25) is 9.78 Å². The van der Waals surface area contributed by atoms with E-state index in [1.807, 2.05) is 37.3 Å². The minimum Gasteiger partial charge on any atom is -0.363 e. The van der Waals surface area contributed by atoms with Gasteiger partial charge < -0.3 is 10.2 Å². The Morgan fingerprint density at radius 3 is 2.49 bits per heavy atom. The Bertz CT molecular complexity index is 1410. The number of nitrogens with zero attached hydrogens (tertiary/aromatic N) is 3. The van der Waals surface area contributed by atoms with Gasteiger partial charge in [-0.1, -0.05) is 30.3 Å². The summed E-state index contributed by atoms with van der Waals surface area (Å²) in [6, 6.07) is 16.5. The van der Waals surface area contributed by atoms with E-state index in [0.29, 0.717) is 35.7 Å². The van der Waals surface area contributed by atoms with E-state index in [2.05, 4.69) is 15.3 Å². The van der Waals surface area contributed by atoms with Crippen molar-refractivity contribution in [2.45, 2.75) is 26.4 Å². The van der Waals surface area contributed by atoms with Gasteiger partial charge in [0.25, 0.3) is 5.91 Å². The fraction of sp³-hybridized carbons (Fsp3) is 0.179. The number of carbonyl (C=O) groups is 1. The number of carbonyl (C=O) groups excluding carboxylic acids is 1. The normalized spacial score (nSPS) is 13.6. The molecule has 5 rings (SSSR count). The number of pyridine rings is 2. The number of hydrogen-bond donors (Lipinski definition) is 1. The Morgan fingerprint density at radius 2 is 1.71 bits per heavy atom. The number of rotatable bonds is 6. The number of amides is 1. The lowest BCUT2D eigenvalue weighted by Crippen LogP contribution is -2.22. The second-order valence-electron chi connectivity index (χ2n) is 8.52. The zero-order valence-corrected chi connectivity index (χ0v) is 19.4. The van der Waals surface area contributed by atoms with E-state index >= 15 is 8.78 Å². The lowest BCUT2D eigenvalue weighted by molar-refractivity contribution is 0.0787.